The van der Waals surface area contributed by atoms with Crippen LogP contribution in [0, 0.1) is 6.92 Å². The van der Waals surface area contributed by atoms with E-state index in [1.807, 2.05) is 11.4 Å². The third kappa shape index (κ3) is 3.06. The number of aryl methyl sites for hydroxylation is 1. The highest BCUT2D eigenvalue weighted by atomic mass is 35.5. The molecule has 7 heteroatoms. The molecule has 132 valence electrons. The second kappa shape index (κ2) is 6.70. The molecule has 5 nitrogen and oxygen atoms in total. The zero-order valence-corrected chi connectivity index (χ0v) is 15.7. The number of carbonyl (C=O) groups excluding carboxylic acids is 1. The third-order valence-corrected chi connectivity index (χ3v) is 5.75. The van der Waals surface area contributed by atoms with Crippen LogP contribution in [0.3, 0.4) is 0 Å². The molecule has 0 saturated heterocycles. The maximum absolute atomic E-state index is 12.9. The van der Waals surface area contributed by atoms with Crippen LogP contribution < -0.4 is 5.43 Å². The van der Waals surface area contributed by atoms with Crippen LogP contribution in [0.4, 0.5) is 0 Å². The van der Waals surface area contributed by atoms with Gasteiger partial charge in [-0.05, 0) is 54.6 Å². The van der Waals surface area contributed by atoms with E-state index in [2.05, 4.69) is 5.10 Å². The average Bonchev–Trinajstić information content (AvgIpc) is 3.10. The van der Waals surface area contributed by atoms with Crippen molar-refractivity contribution in [2.24, 2.45) is 0 Å². The van der Waals surface area contributed by atoms with Gasteiger partial charge in [-0.15, -0.1) is 11.3 Å². The van der Waals surface area contributed by atoms with Crippen LogP contribution in [-0.2, 0) is 13.0 Å². The topological polar surface area (TPSA) is 55.2 Å². The molecule has 0 bridgehead atoms. The SMILES string of the molecule is Cc1cc(=O)c(C(=O)N2CCc3sccc3C2)nn1-c1ccc(Cl)cc1. The Hall–Kier alpha value is -2.44. The summed E-state index contributed by atoms with van der Waals surface area (Å²) in [4.78, 5) is 28.4. The second-order valence-corrected chi connectivity index (χ2v) is 7.67. The summed E-state index contributed by atoms with van der Waals surface area (Å²) in [6.07, 6.45) is 0.815. The average molecular weight is 386 g/mol. The molecule has 0 saturated carbocycles. The number of benzene rings is 1. The molecule has 0 atom stereocenters. The summed E-state index contributed by atoms with van der Waals surface area (Å²) in [5.41, 5.74) is 2.16. The first kappa shape index (κ1) is 17.0. The zero-order valence-electron chi connectivity index (χ0n) is 14.1. The van der Waals surface area contributed by atoms with Crippen LogP contribution >= 0.6 is 22.9 Å². The molecule has 1 aliphatic rings. The minimum absolute atomic E-state index is 0.0516. The van der Waals surface area contributed by atoms with Gasteiger partial charge in [-0.25, -0.2) is 4.68 Å². The molecule has 0 N–H and O–H groups in total. The molecular formula is C19H16ClN3O2S. The lowest BCUT2D eigenvalue weighted by Crippen LogP contribution is -2.39. The Morgan fingerprint density at radius 2 is 2.00 bits per heavy atom. The van der Waals surface area contributed by atoms with E-state index < -0.39 is 0 Å². The number of hydrogen-bond acceptors (Lipinski definition) is 4. The van der Waals surface area contributed by atoms with Gasteiger partial charge in [0.05, 0.1) is 5.69 Å². The molecule has 0 spiro atoms. The van der Waals surface area contributed by atoms with Gasteiger partial charge >= 0.3 is 0 Å². The summed E-state index contributed by atoms with van der Waals surface area (Å²) < 4.78 is 1.60. The largest absolute Gasteiger partial charge is 0.332 e. The maximum Gasteiger partial charge on any atom is 0.278 e. The molecular weight excluding hydrogens is 370 g/mol. The van der Waals surface area contributed by atoms with Gasteiger partial charge in [-0.3, -0.25) is 9.59 Å². The van der Waals surface area contributed by atoms with Crippen molar-refractivity contribution in [1.29, 1.82) is 0 Å². The van der Waals surface area contributed by atoms with Gasteiger partial charge in [0.15, 0.2) is 5.69 Å². The van der Waals surface area contributed by atoms with Gasteiger partial charge < -0.3 is 4.90 Å². The Labute approximate surface area is 159 Å². The van der Waals surface area contributed by atoms with Crippen molar-refractivity contribution in [2.45, 2.75) is 19.9 Å². The summed E-state index contributed by atoms with van der Waals surface area (Å²) in [6.45, 7) is 2.91. The van der Waals surface area contributed by atoms with E-state index in [1.54, 1.807) is 52.1 Å². The van der Waals surface area contributed by atoms with Gasteiger partial charge in [0, 0.05) is 34.7 Å². The van der Waals surface area contributed by atoms with Gasteiger partial charge in [0.25, 0.3) is 5.91 Å². The molecule has 1 aliphatic heterocycles. The highest BCUT2D eigenvalue weighted by Gasteiger charge is 2.26. The fourth-order valence-electron chi connectivity index (χ4n) is 3.11. The lowest BCUT2D eigenvalue weighted by atomic mass is 10.1. The number of thiophene rings is 1. The first-order chi connectivity index (χ1) is 12.5. The highest BCUT2D eigenvalue weighted by molar-refractivity contribution is 7.10. The second-order valence-electron chi connectivity index (χ2n) is 6.23. The van der Waals surface area contributed by atoms with Crippen LogP contribution in [0.15, 0.2) is 46.6 Å². The molecule has 0 fully saturated rings. The Morgan fingerprint density at radius 1 is 1.23 bits per heavy atom. The summed E-state index contributed by atoms with van der Waals surface area (Å²) in [7, 11) is 0. The molecule has 0 unspecified atom stereocenters. The van der Waals surface area contributed by atoms with Crippen LogP contribution in [-0.4, -0.2) is 27.1 Å². The van der Waals surface area contributed by atoms with Crippen LogP contribution in [0.25, 0.3) is 5.69 Å². The number of amides is 1. The Morgan fingerprint density at radius 3 is 2.77 bits per heavy atom. The number of halogens is 1. The number of hydrogen-bond donors (Lipinski definition) is 0. The molecule has 1 amide bonds. The number of rotatable bonds is 2. The molecule has 0 aliphatic carbocycles. The Kier molecular flexibility index (Phi) is 4.38. The number of aromatic nitrogens is 2. The quantitative estimate of drug-likeness (QED) is 0.678. The summed E-state index contributed by atoms with van der Waals surface area (Å²) >= 11 is 7.65. The van der Waals surface area contributed by atoms with Crippen molar-refractivity contribution in [2.75, 3.05) is 6.54 Å². The number of carbonyl (C=O) groups is 1. The van der Waals surface area contributed by atoms with E-state index >= 15 is 0 Å². The highest BCUT2D eigenvalue weighted by Crippen LogP contribution is 2.24. The first-order valence-corrected chi connectivity index (χ1v) is 9.50. The number of fused-ring (bicyclic) bond motifs is 1. The standard InChI is InChI=1S/C19H16ClN3O2S/c1-12-10-16(24)18(21-23(12)15-4-2-14(20)3-5-15)19(25)22-8-6-17-13(11-22)7-9-26-17/h2-5,7,9-10H,6,8,11H2,1H3. The van der Waals surface area contributed by atoms with Gasteiger partial charge in [-0.2, -0.15) is 5.10 Å². The van der Waals surface area contributed by atoms with Gasteiger partial charge in [0.2, 0.25) is 5.43 Å². The van der Waals surface area contributed by atoms with Crippen molar-refractivity contribution in [3.05, 3.63) is 78.9 Å². The fourth-order valence-corrected chi connectivity index (χ4v) is 4.13. The van der Waals surface area contributed by atoms with Crippen LogP contribution in [0.5, 0.6) is 0 Å². The molecule has 26 heavy (non-hydrogen) atoms. The molecule has 2 aromatic heterocycles. The van der Waals surface area contributed by atoms with E-state index in [4.69, 9.17) is 11.6 Å². The van der Waals surface area contributed by atoms with E-state index in [0.29, 0.717) is 23.8 Å². The molecule has 4 rings (SSSR count). The van der Waals surface area contributed by atoms with E-state index in [9.17, 15) is 9.59 Å². The maximum atomic E-state index is 12.9. The van der Waals surface area contributed by atoms with Crippen molar-refractivity contribution in [1.82, 2.24) is 14.7 Å². The van der Waals surface area contributed by atoms with Crippen molar-refractivity contribution < 1.29 is 4.79 Å². The molecule has 3 heterocycles. The Bertz CT molecular complexity index is 1040. The molecule has 0 radical (unpaired) electrons. The molecule has 3 aromatic rings. The minimum Gasteiger partial charge on any atom is -0.332 e. The summed E-state index contributed by atoms with van der Waals surface area (Å²) in [5.74, 6) is -0.324. The lowest BCUT2D eigenvalue weighted by Gasteiger charge is -2.26. The third-order valence-electron chi connectivity index (χ3n) is 4.48. The number of nitrogens with zero attached hydrogens (tertiary/aromatic N) is 3. The zero-order chi connectivity index (χ0) is 18.3. The van der Waals surface area contributed by atoms with Crippen LogP contribution in [0.1, 0.15) is 26.6 Å². The van der Waals surface area contributed by atoms with Crippen molar-refractivity contribution in [3.63, 3.8) is 0 Å². The van der Waals surface area contributed by atoms with Crippen LogP contribution in [0.2, 0.25) is 5.02 Å². The van der Waals surface area contributed by atoms with Gasteiger partial charge in [0.1, 0.15) is 0 Å². The van der Waals surface area contributed by atoms with Crippen molar-refractivity contribution >= 4 is 28.8 Å². The fraction of sp³-hybridized carbons (Fsp3) is 0.211. The normalized spacial score (nSPS) is 13.5. The van der Waals surface area contributed by atoms with E-state index in [0.717, 1.165) is 17.7 Å². The van der Waals surface area contributed by atoms with Crippen molar-refractivity contribution in [3.8, 4) is 5.69 Å². The predicted octanol–water partition coefficient (Wildman–Crippen LogP) is 3.45. The first-order valence-electron chi connectivity index (χ1n) is 8.24. The van der Waals surface area contributed by atoms with E-state index in [-0.39, 0.29) is 17.0 Å². The summed E-state index contributed by atoms with van der Waals surface area (Å²) in [6, 6.07) is 10.6. The minimum atomic E-state index is -0.353. The smallest absolute Gasteiger partial charge is 0.278 e. The molecule has 1 aromatic carbocycles. The monoisotopic (exact) mass is 385 g/mol. The summed E-state index contributed by atoms with van der Waals surface area (Å²) in [5, 5.41) is 7.02. The predicted molar refractivity (Wildman–Crippen MR) is 102 cm³/mol. The van der Waals surface area contributed by atoms with Gasteiger partial charge in [-0.1, -0.05) is 11.6 Å². The lowest BCUT2D eigenvalue weighted by molar-refractivity contribution is 0.0726. The Balaban J connectivity index is 1.70. The van der Waals surface area contributed by atoms with E-state index in [1.165, 1.54) is 10.9 Å².